The predicted octanol–water partition coefficient (Wildman–Crippen LogP) is 3.47. The molecule has 0 atom stereocenters. The van der Waals surface area contributed by atoms with Gasteiger partial charge in [0.05, 0.1) is 5.69 Å². The number of aromatic nitrogens is 4. The number of halogens is 1. The van der Waals surface area contributed by atoms with E-state index in [4.69, 9.17) is 0 Å². The van der Waals surface area contributed by atoms with Gasteiger partial charge in [-0.25, -0.2) is 15.0 Å². The first-order valence-corrected chi connectivity index (χ1v) is 7.26. The molecule has 2 aromatic heterocycles. The van der Waals surface area contributed by atoms with Crippen molar-refractivity contribution in [1.29, 1.82) is 0 Å². The van der Waals surface area contributed by atoms with E-state index in [9.17, 15) is 0 Å². The van der Waals surface area contributed by atoms with Crippen molar-refractivity contribution in [3.8, 4) is 11.4 Å². The standard InChI is InChI=1S/C11H13BrN4S/c1-6(2)10-15-8(9(12)16-10)7-4-5-13-11(14-7)17-3/h4-6H,1-3H3,(H,15,16). The highest BCUT2D eigenvalue weighted by Crippen LogP contribution is 2.27. The van der Waals surface area contributed by atoms with E-state index in [1.807, 2.05) is 12.3 Å². The van der Waals surface area contributed by atoms with Crippen molar-refractivity contribution in [2.45, 2.75) is 24.9 Å². The Balaban J connectivity index is 2.45. The molecule has 2 rings (SSSR count). The van der Waals surface area contributed by atoms with Gasteiger partial charge in [-0.2, -0.15) is 0 Å². The van der Waals surface area contributed by atoms with Crippen molar-refractivity contribution < 1.29 is 0 Å². The summed E-state index contributed by atoms with van der Waals surface area (Å²) in [4.78, 5) is 16.4. The molecule has 1 N–H and O–H groups in total. The number of rotatable bonds is 3. The third-order valence-corrected chi connectivity index (χ3v) is 3.42. The fourth-order valence-corrected chi connectivity index (χ4v) is 2.23. The average molecular weight is 313 g/mol. The molecule has 90 valence electrons. The zero-order valence-corrected chi connectivity index (χ0v) is 12.3. The maximum atomic E-state index is 4.55. The number of imidazole rings is 1. The van der Waals surface area contributed by atoms with Gasteiger partial charge in [0.1, 0.15) is 16.1 Å². The van der Waals surface area contributed by atoms with Crippen LogP contribution in [0.5, 0.6) is 0 Å². The second kappa shape index (κ2) is 5.18. The van der Waals surface area contributed by atoms with Gasteiger partial charge in [0, 0.05) is 12.1 Å². The van der Waals surface area contributed by atoms with Gasteiger partial charge in [-0.05, 0) is 28.3 Å². The van der Waals surface area contributed by atoms with E-state index in [0.29, 0.717) is 5.92 Å². The molecule has 0 amide bonds. The lowest BCUT2D eigenvalue weighted by atomic mass is 10.2. The van der Waals surface area contributed by atoms with Crippen LogP contribution in [0.1, 0.15) is 25.6 Å². The monoisotopic (exact) mass is 312 g/mol. The van der Waals surface area contributed by atoms with Crippen molar-refractivity contribution in [2.24, 2.45) is 0 Å². The number of H-pyrrole nitrogens is 1. The second-order valence-corrected chi connectivity index (χ2v) is 5.43. The summed E-state index contributed by atoms with van der Waals surface area (Å²) >= 11 is 5.00. The molecule has 0 aliphatic heterocycles. The molecule has 0 spiro atoms. The first-order valence-electron chi connectivity index (χ1n) is 5.24. The molecule has 2 aromatic rings. The van der Waals surface area contributed by atoms with Crippen molar-refractivity contribution in [3.63, 3.8) is 0 Å². The van der Waals surface area contributed by atoms with E-state index in [1.54, 1.807) is 6.20 Å². The molecule has 0 fully saturated rings. The fraction of sp³-hybridized carbons (Fsp3) is 0.364. The molecule has 0 aliphatic carbocycles. The Morgan fingerprint density at radius 2 is 2.12 bits per heavy atom. The Morgan fingerprint density at radius 3 is 2.71 bits per heavy atom. The van der Waals surface area contributed by atoms with Gasteiger partial charge in [-0.1, -0.05) is 25.6 Å². The van der Waals surface area contributed by atoms with Crippen LogP contribution in [0.3, 0.4) is 0 Å². The summed E-state index contributed by atoms with van der Waals surface area (Å²) in [5, 5.41) is 0.753. The summed E-state index contributed by atoms with van der Waals surface area (Å²) in [5.74, 6) is 1.32. The van der Waals surface area contributed by atoms with Crippen molar-refractivity contribution >= 4 is 27.7 Å². The fourth-order valence-electron chi connectivity index (χ4n) is 1.38. The van der Waals surface area contributed by atoms with Crippen LogP contribution in [-0.4, -0.2) is 26.2 Å². The van der Waals surface area contributed by atoms with Crippen LogP contribution in [0.15, 0.2) is 22.0 Å². The third-order valence-electron chi connectivity index (χ3n) is 2.28. The van der Waals surface area contributed by atoms with E-state index in [0.717, 1.165) is 27.0 Å². The largest absolute Gasteiger partial charge is 0.336 e. The lowest BCUT2D eigenvalue weighted by molar-refractivity contribution is 0.793. The molecule has 0 saturated carbocycles. The second-order valence-electron chi connectivity index (χ2n) is 3.87. The predicted molar refractivity (Wildman–Crippen MR) is 73.2 cm³/mol. The van der Waals surface area contributed by atoms with Crippen LogP contribution in [0, 0.1) is 0 Å². The van der Waals surface area contributed by atoms with Crippen molar-refractivity contribution in [2.75, 3.05) is 6.26 Å². The van der Waals surface area contributed by atoms with Gasteiger partial charge in [-0.3, -0.25) is 0 Å². The van der Waals surface area contributed by atoms with Crippen LogP contribution in [0.2, 0.25) is 0 Å². The molecule has 0 aromatic carbocycles. The molecule has 4 nitrogen and oxygen atoms in total. The Hall–Kier alpha value is -0.880. The van der Waals surface area contributed by atoms with E-state index in [-0.39, 0.29) is 0 Å². The minimum Gasteiger partial charge on any atom is -0.336 e. The molecule has 0 saturated heterocycles. The van der Waals surface area contributed by atoms with Crippen LogP contribution in [0.25, 0.3) is 11.4 Å². The van der Waals surface area contributed by atoms with Gasteiger partial charge in [0.15, 0.2) is 5.16 Å². The first kappa shape index (κ1) is 12.6. The summed E-state index contributed by atoms with van der Waals surface area (Å²) in [7, 11) is 0. The Bertz CT molecular complexity index is 524. The summed E-state index contributed by atoms with van der Waals surface area (Å²) in [5.41, 5.74) is 1.67. The van der Waals surface area contributed by atoms with Crippen LogP contribution in [-0.2, 0) is 0 Å². The van der Waals surface area contributed by atoms with Crippen LogP contribution in [0.4, 0.5) is 0 Å². The zero-order valence-electron chi connectivity index (χ0n) is 9.86. The number of aromatic amines is 1. The topological polar surface area (TPSA) is 54.5 Å². The van der Waals surface area contributed by atoms with Crippen LogP contribution < -0.4 is 0 Å². The summed E-state index contributed by atoms with van der Waals surface area (Å²) < 4.78 is 0.868. The molecule has 0 unspecified atom stereocenters. The molecule has 6 heteroatoms. The minimum absolute atomic E-state index is 0.363. The molecule has 0 aliphatic rings. The lowest BCUT2D eigenvalue weighted by Crippen LogP contribution is -1.91. The van der Waals surface area contributed by atoms with E-state index in [1.165, 1.54) is 11.8 Å². The molecule has 17 heavy (non-hydrogen) atoms. The maximum absolute atomic E-state index is 4.55. The quantitative estimate of drug-likeness (QED) is 0.696. The van der Waals surface area contributed by atoms with Gasteiger partial charge < -0.3 is 4.98 Å². The Kier molecular flexibility index (Phi) is 3.83. The number of hydrogen-bond donors (Lipinski definition) is 1. The van der Waals surface area contributed by atoms with Gasteiger partial charge in [-0.15, -0.1) is 0 Å². The normalized spacial score (nSPS) is 11.1. The molecule has 0 radical (unpaired) electrons. The highest BCUT2D eigenvalue weighted by molar-refractivity contribution is 9.10. The highest BCUT2D eigenvalue weighted by atomic mass is 79.9. The number of hydrogen-bond acceptors (Lipinski definition) is 4. The smallest absolute Gasteiger partial charge is 0.187 e. The summed E-state index contributed by atoms with van der Waals surface area (Å²) in [6.45, 7) is 4.20. The van der Waals surface area contributed by atoms with Crippen molar-refractivity contribution in [1.82, 2.24) is 19.9 Å². The lowest BCUT2D eigenvalue weighted by Gasteiger charge is -1.99. The summed E-state index contributed by atoms with van der Waals surface area (Å²) in [6.07, 6.45) is 3.71. The van der Waals surface area contributed by atoms with Gasteiger partial charge in [0.2, 0.25) is 0 Å². The van der Waals surface area contributed by atoms with E-state index in [2.05, 4.69) is 49.7 Å². The van der Waals surface area contributed by atoms with Gasteiger partial charge in [0.25, 0.3) is 0 Å². The SMILES string of the molecule is CSc1nccc(-c2nc(C(C)C)[nH]c2Br)n1. The summed E-state index contributed by atoms with van der Waals surface area (Å²) in [6, 6.07) is 1.87. The molecule has 2 heterocycles. The number of nitrogens with one attached hydrogen (secondary N) is 1. The third kappa shape index (κ3) is 2.69. The average Bonchev–Trinajstić information content (AvgIpc) is 2.72. The first-order chi connectivity index (χ1) is 8.11. The molecular weight excluding hydrogens is 300 g/mol. The number of nitrogens with zero attached hydrogens (tertiary/aromatic N) is 3. The highest BCUT2D eigenvalue weighted by Gasteiger charge is 2.13. The van der Waals surface area contributed by atoms with Crippen molar-refractivity contribution in [3.05, 3.63) is 22.7 Å². The molecular formula is C11H13BrN4S. The van der Waals surface area contributed by atoms with Gasteiger partial charge >= 0.3 is 0 Å². The Morgan fingerprint density at radius 1 is 1.35 bits per heavy atom. The van der Waals surface area contributed by atoms with E-state index < -0.39 is 0 Å². The minimum atomic E-state index is 0.363. The number of thioether (sulfide) groups is 1. The Labute approximate surface area is 113 Å². The van der Waals surface area contributed by atoms with Crippen LogP contribution >= 0.6 is 27.7 Å². The molecule has 0 bridgehead atoms. The van der Waals surface area contributed by atoms with E-state index >= 15 is 0 Å². The maximum Gasteiger partial charge on any atom is 0.187 e. The zero-order chi connectivity index (χ0) is 12.4.